The Balaban J connectivity index is 1.69. The molecule has 5 nitrogen and oxygen atoms in total. The molecule has 2 N–H and O–H groups in total. The first-order chi connectivity index (χ1) is 11.2. The maximum Gasteiger partial charge on any atom is 0.573 e. The number of aliphatic carboxylic acids is 1. The molecule has 0 heterocycles. The molecule has 4 atom stereocenters. The van der Waals surface area contributed by atoms with Gasteiger partial charge in [-0.3, -0.25) is 9.59 Å². The Labute approximate surface area is 135 Å². The zero-order valence-electron chi connectivity index (χ0n) is 12.3. The molecule has 24 heavy (non-hydrogen) atoms. The van der Waals surface area contributed by atoms with Gasteiger partial charge in [-0.15, -0.1) is 13.2 Å². The van der Waals surface area contributed by atoms with E-state index < -0.39 is 35.8 Å². The molecule has 4 unspecified atom stereocenters. The summed E-state index contributed by atoms with van der Waals surface area (Å²) in [6, 6.07) is 4.71. The Morgan fingerprint density at radius 3 is 2.21 bits per heavy atom. The van der Waals surface area contributed by atoms with E-state index in [1.54, 1.807) is 0 Å². The Kier molecular flexibility index (Phi) is 3.98. The van der Waals surface area contributed by atoms with Crippen molar-refractivity contribution in [2.45, 2.75) is 12.8 Å². The fourth-order valence-corrected chi connectivity index (χ4v) is 3.48. The van der Waals surface area contributed by atoms with Crippen LogP contribution in [0.1, 0.15) is 6.42 Å². The van der Waals surface area contributed by atoms with Crippen molar-refractivity contribution in [2.75, 3.05) is 5.32 Å². The fourth-order valence-electron chi connectivity index (χ4n) is 3.48. The molecule has 2 bridgehead atoms. The summed E-state index contributed by atoms with van der Waals surface area (Å²) in [6.45, 7) is 0. The molecule has 0 aromatic heterocycles. The topological polar surface area (TPSA) is 75.6 Å². The minimum Gasteiger partial charge on any atom is -0.481 e. The molecule has 0 spiro atoms. The molecule has 1 amide bonds. The highest BCUT2D eigenvalue weighted by molar-refractivity contribution is 5.96. The minimum absolute atomic E-state index is 0.121. The number of hydrogen-bond acceptors (Lipinski definition) is 3. The van der Waals surface area contributed by atoms with E-state index in [2.05, 4.69) is 10.1 Å². The summed E-state index contributed by atoms with van der Waals surface area (Å²) in [5.41, 5.74) is 0.283. The molecule has 0 radical (unpaired) electrons. The van der Waals surface area contributed by atoms with Gasteiger partial charge >= 0.3 is 12.3 Å². The fraction of sp³-hybridized carbons (Fsp3) is 0.375. The summed E-state index contributed by atoms with van der Waals surface area (Å²) in [7, 11) is 0. The summed E-state index contributed by atoms with van der Waals surface area (Å²) < 4.78 is 40.1. The third-order valence-corrected chi connectivity index (χ3v) is 4.40. The Bertz CT molecular complexity index is 684. The molecule has 1 fully saturated rings. The highest BCUT2D eigenvalue weighted by Gasteiger charge is 2.51. The van der Waals surface area contributed by atoms with Crippen molar-refractivity contribution in [1.82, 2.24) is 0 Å². The highest BCUT2D eigenvalue weighted by Crippen LogP contribution is 2.48. The van der Waals surface area contributed by atoms with Gasteiger partial charge in [0.15, 0.2) is 0 Å². The SMILES string of the molecule is O=C(O)C1C2C=CC(C2)C1C(=O)Nc1ccc(OC(F)(F)F)cc1. The van der Waals surface area contributed by atoms with Gasteiger partial charge in [0.1, 0.15) is 5.75 Å². The van der Waals surface area contributed by atoms with E-state index in [0.717, 1.165) is 12.1 Å². The van der Waals surface area contributed by atoms with E-state index in [1.165, 1.54) is 12.1 Å². The van der Waals surface area contributed by atoms with Gasteiger partial charge in [0.05, 0.1) is 11.8 Å². The molecule has 2 aliphatic rings. The number of ether oxygens (including phenoxy) is 1. The summed E-state index contributed by atoms with van der Waals surface area (Å²) in [5.74, 6) is -3.57. The number of halogens is 3. The van der Waals surface area contributed by atoms with Crippen LogP contribution < -0.4 is 10.1 Å². The highest BCUT2D eigenvalue weighted by atomic mass is 19.4. The number of alkyl halides is 3. The number of carbonyl (C=O) groups is 2. The van der Waals surface area contributed by atoms with Crippen LogP contribution in [-0.2, 0) is 9.59 Å². The largest absolute Gasteiger partial charge is 0.573 e. The molecular weight excluding hydrogens is 327 g/mol. The number of hydrogen-bond donors (Lipinski definition) is 2. The quantitative estimate of drug-likeness (QED) is 0.826. The van der Waals surface area contributed by atoms with Crippen molar-refractivity contribution < 1.29 is 32.6 Å². The number of allylic oxidation sites excluding steroid dienone is 2. The van der Waals surface area contributed by atoms with Gasteiger partial charge in [-0.1, -0.05) is 12.2 Å². The van der Waals surface area contributed by atoms with Crippen molar-refractivity contribution in [3.05, 3.63) is 36.4 Å². The molecule has 2 aliphatic carbocycles. The second-order valence-electron chi connectivity index (χ2n) is 5.90. The summed E-state index contributed by atoms with van der Waals surface area (Å²) >= 11 is 0. The van der Waals surface area contributed by atoms with Gasteiger partial charge in [0.2, 0.25) is 5.91 Å². The Hall–Kier alpha value is -2.51. The summed E-state index contributed by atoms with van der Waals surface area (Å²) in [6.07, 6.45) is -0.465. The van der Waals surface area contributed by atoms with Crippen LogP contribution in [0.3, 0.4) is 0 Å². The number of fused-ring (bicyclic) bond motifs is 2. The average molecular weight is 341 g/mol. The summed E-state index contributed by atoms with van der Waals surface area (Å²) in [4.78, 5) is 23.8. The van der Waals surface area contributed by atoms with E-state index >= 15 is 0 Å². The number of amides is 1. The number of carboxylic acid groups (broad SMARTS) is 1. The summed E-state index contributed by atoms with van der Waals surface area (Å²) in [5, 5.41) is 11.9. The monoisotopic (exact) mass is 341 g/mol. The van der Waals surface area contributed by atoms with Crippen molar-refractivity contribution >= 4 is 17.6 Å². The third-order valence-electron chi connectivity index (χ3n) is 4.40. The Morgan fingerprint density at radius 2 is 1.67 bits per heavy atom. The van der Waals surface area contributed by atoms with Crippen molar-refractivity contribution in [2.24, 2.45) is 23.7 Å². The predicted molar refractivity (Wildman–Crippen MR) is 77.1 cm³/mol. The van der Waals surface area contributed by atoms with Crippen LogP contribution in [0.2, 0.25) is 0 Å². The van der Waals surface area contributed by atoms with Crippen LogP contribution >= 0.6 is 0 Å². The van der Waals surface area contributed by atoms with Gasteiger partial charge in [-0.25, -0.2) is 0 Å². The van der Waals surface area contributed by atoms with E-state index in [1.807, 2.05) is 12.2 Å². The third kappa shape index (κ3) is 3.22. The van der Waals surface area contributed by atoms with Crippen LogP contribution in [-0.4, -0.2) is 23.3 Å². The van der Waals surface area contributed by atoms with Crippen molar-refractivity contribution in [3.63, 3.8) is 0 Å². The molecule has 3 rings (SSSR count). The lowest BCUT2D eigenvalue weighted by molar-refractivity contribution is -0.274. The smallest absolute Gasteiger partial charge is 0.481 e. The van der Waals surface area contributed by atoms with Crippen molar-refractivity contribution in [3.8, 4) is 5.75 Å². The lowest BCUT2D eigenvalue weighted by Crippen LogP contribution is -2.36. The molecular formula is C16H14F3NO4. The van der Waals surface area contributed by atoms with E-state index in [4.69, 9.17) is 0 Å². The zero-order valence-corrected chi connectivity index (χ0v) is 12.3. The average Bonchev–Trinajstić information content (AvgIpc) is 3.08. The van der Waals surface area contributed by atoms with Gasteiger partial charge in [-0.2, -0.15) is 0 Å². The van der Waals surface area contributed by atoms with Gasteiger partial charge in [0.25, 0.3) is 0 Å². The zero-order chi connectivity index (χ0) is 17.5. The van der Waals surface area contributed by atoms with Gasteiger partial charge in [0, 0.05) is 5.69 Å². The van der Waals surface area contributed by atoms with Crippen molar-refractivity contribution in [1.29, 1.82) is 0 Å². The number of nitrogens with one attached hydrogen (secondary N) is 1. The first-order valence-corrected chi connectivity index (χ1v) is 7.32. The molecule has 0 aliphatic heterocycles. The first kappa shape index (κ1) is 16.4. The molecule has 1 aromatic rings. The maximum absolute atomic E-state index is 12.4. The standard InChI is InChI=1S/C16H14F3NO4/c17-16(18,19)24-11-5-3-10(4-6-11)20-14(21)12-8-1-2-9(7-8)13(12)15(22)23/h1-6,8-9,12-13H,7H2,(H,20,21)(H,22,23). The van der Waals surface area contributed by atoms with Crippen LogP contribution in [0, 0.1) is 23.7 Å². The number of rotatable bonds is 4. The second-order valence-corrected chi connectivity index (χ2v) is 5.90. The number of anilines is 1. The number of carboxylic acids is 1. The predicted octanol–water partition coefficient (Wildman–Crippen LogP) is 3.05. The number of benzene rings is 1. The van der Waals surface area contributed by atoms with Gasteiger partial charge in [-0.05, 0) is 42.5 Å². The van der Waals surface area contributed by atoms with Crippen LogP contribution in [0.5, 0.6) is 5.75 Å². The Morgan fingerprint density at radius 1 is 1.08 bits per heavy atom. The van der Waals surface area contributed by atoms with E-state index in [-0.39, 0.29) is 17.5 Å². The normalized spacial score (nSPS) is 28.0. The number of carbonyl (C=O) groups excluding carboxylic acids is 1. The lowest BCUT2D eigenvalue weighted by atomic mass is 9.82. The molecule has 128 valence electrons. The first-order valence-electron chi connectivity index (χ1n) is 7.32. The van der Waals surface area contributed by atoms with Gasteiger partial charge < -0.3 is 15.2 Å². The minimum atomic E-state index is -4.78. The molecule has 0 saturated heterocycles. The van der Waals surface area contributed by atoms with E-state index in [0.29, 0.717) is 6.42 Å². The molecule has 1 saturated carbocycles. The van der Waals surface area contributed by atoms with Crippen LogP contribution in [0.15, 0.2) is 36.4 Å². The van der Waals surface area contributed by atoms with Crippen LogP contribution in [0.4, 0.5) is 18.9 Å². The maximum atomic E-state index is 12.4. The molecule has 1 aromatic carbocycles. The van der Waals surface area contributed by atoms with Crippen LogP contribution in [0.25, 0.3) is 0 Å². The molecule has 8 heteroatoms. The second kappa shape index (κ2) is 5.85. The van der Waals surface area contributed by atoms with E-state index in [9.17, 15) is 27.9 Å². The lowest BCUT2D eigenvalue weighted by Gasteiger charge is -2.23.